The van der Waals surface area contributed by atoms with E-state index in [0.717, 1.165) is 5.01 Å². The summed E-state index contributed by atoms with van der Waals surface area (Å²) in [5.41, 5.74) is -0.677. The van der Waals surface area contributed by atoms with Crippen LogP contribution < -0.4 is 0 Å². The molecule has 1 atom stereocenters. The first kappa shape index (κ1) is 18.0. The van der Waals surface area contributed by atoms with Crippen LogP contribution in [0.4, 0.5) is 5.69 Å². The lowest BCUT2D eigenvalue weighted by atomic mass is 9.96. The summed E-state index contributed by atoms with van der Waals surface area (Å²) in [4.78, 5) is 23.3. The number of aliphatic hydroxyl groups is 1. The van der Waals surface area contributed by atoms with Gasteiger partial charge in [-0.05, 0) is 24.6 Å². The molecule has 26 heavy (non-hydrogen) atoms. The zero-order chi connectivity index (χ0) is 18.9. The Morgan fingerprint density at radius 3 is 2.65 bits per heavy atom. The van der Waals surface area contributed by atoms with Crippen molar-refractivity contribution in [2.45, 2.75) is 25.5 Å². The number of non-ortho nitro benzene ring substituents is 1. The lowest BCUT2D eigenvalue weighted by Gasteiger charge is -2.31. The van der Waals surface area contributed by atoms with Gasteiger partial charge in [0.2, 0.25) is 0 Å². The largest absolute Gasteiger partial charge is 0.365 e. The molecule has 1 N–H and O–H groups in total. The number of nitro groups is 1. The molecule has 3 rings (SSSR count). The molecule has 0 saturated carbocycles. The van der Waals surface area contributed by atoms with Gasteiger partial charge in [-0.25, -0.2) is 0 Å². The third-order valence-corrected chi connectivity index (χ3v) is 4.51. The van der Waals surface area contributed by atoms with E-state index in [1.807, 2.05) is 6.92 Å². The van der Waals surface area contributed by atoms with Gasteiger partial charge >= 0.3 is 0 Å². The number of nitro benzene ring substituents is 1. The normalized spacial score (nSPS) is 19.3. The average Bonchev–Trinajstić information content (AvgIpc) is 2.99. The fraction of sp³-hybridized carbons (Fsp3) is 0.222. The fourth-order valence-electron chi connectivity index (χ4n) is 2.84. The van der Waals surface area contributed by atoms with Crippen molar-refractivity contribution in [3.8, 4) is 0 Å². The number of benzene rings is 2. The fourth-order valence-corrected chi connectivity index (χ4v) is 2.97. The van der Waals surface area contributed by atoms with Crippen LogP contribution in [0, 0.1) is 10.1 Å². The van der Waals surface area contributed by atoms with E-state index in [1.165, 1.54) is 24.3 Å². The summed E-state index contributed by atoms with van der Waals surface area (Å²) in [6.07, 6.45) is 0.723. The third-order valence-electron chi connectivity index (χ3n) is 4.25. The topological polar surface area (TPSA) is 96.0 Å². The molecule has 0 aromatic heterocycles. The van der Waals surface area contributed by atoms with Crippen LogP contribution in [-0.4, -0.2) is 26.7 Å². The average molecular weight is 374 g/mol. The van der Waals surface area contributed by atoms with Gasteiger partial charge in [-0.15, -0.1) is 0 Å². The van der Waals surface area contributed by atoms with Crippen LogP contribution in [0.3, 0.4) is 0 Å². The molecule has 1 heterocycles. The number of amides is 1. The maximum Gasteiger partial charge on any atom is 0.277 e. The summed E-state index contributed by atoms with van der Waals surface area (Å²) in [6, 6.07) is 11.8. The van der Waals surface area contributed by atoms with Gasteiger partial charge in [-0.2, -0.15) is 10.1 Å². The second kappa shape index (κ2) is 6.86. The second-order valence-electron chi connectivity index (χ2n) is 5.94. The van der Waals surface area contributed by atoms with Crippen LogP contribution in [0.15, 0.2) is 53.6 Å². The molecule has 0 aliphatic carbocycles. The predicted octanol–water partition coefficient (Wildman–Crippen LogP) is 3.71. The number of hydrogen-bond acceptors (Lipinski definition) is 5. The summed E-state index contributed by atoms with van der Waals surface area (Å²) in [6.45, 7) is 1.88. The molecule has 0 saturated heterocycles. The molecule has 2 aromatic rings. The number of hydrazone groups is 1. The molecule has 0 bridgehead atoms. The Bertz CT molecular complexity index is 898. The Balaban J connectivity index is 2.03. The van der Waals surface area contributed by atoms with Crippen LogP contribution in [-0.2, 0) is 5.72 Å². The van der Waals surface area contributed by atoms with Crippen LogP contribution in [0.1, 0.15) is 35.7 Å². The van der Waals surface area contributed by atoms with Crippen molar-refractivity contribution in [3.63, 3.8) is 0 Å². The SMILES string of the molecule is CCC1=NN(C(=O)c2cccc([N+](=O)[O-])c2)[C@](O)(c2ccc(Cl)cc2)C1. The smallest absolute Gasteiger partial charge is 0.277 e. The molecule has 1 amide bonds. The van der Waals surface area contributed by atoms with Gasteiger partial charge in [-0.3, -0.25) is 14.9 Å². The predicted molar refractivity (Wildman–Crippen MR) is 97.0 cm³/mol. The Hall–Kier alpha value is -2.77. The molecule has 0 fully saturated rings. The molecular weight excluding hydrogens is 358 g/mol. The van der Waals surface area contributed by atoms with Crippen molar-refractivity contribution < 1.29 is 14.8 Å². The van der Waals surface area contributed by atoms with Gasteiger partial charge in [0.1, 0.15) is 0 Å². The molecule has 134 valence electrons. The lowest BCUT2D eigenvalue weighted by Crippen LogP contribution is -2.43. The third kappa shape index (κ3) is 3.18. The minimum Gasteiger partial charge on any atom is -0.365 e. The first-order valence-corrected chi connectivity index (χ1v) is 8.36. The summed E-state index contributed by atoms with van der Waals surface area (Å²) < 4.78 is 0. The van der Waals surface area contributed by atoms with E-state index in [-0.39, 0.29) is 17.7 Å². The second-order valence-corrected chi connectivity index (χ2v) is 6.38. The Labute approximate surface area is 154 Å². The van der Waals surface area contributed by atoms with Crippen LogP contribution in [0.5, 0.6) is 0 Å². The molecule has 8 heteroatoms. The Morgan fingerprint density at radius 1 is 1.35 bits per heavy atom. The molecule has 1 aliphatic heterocycles. The summed E-state index contributed by atoms with van der Waals surface area (Å²) in [7, 11) is 0. The van der Waals surface area contributed by atoms with Crippen LogP contribution in [0.2, 0.25) is 5.02 Å². The first-order valence-electron chi connectivity index (χ1n) is 7.99. The maximum absolute atomic E-state index is 12.9. The summed E-state index contributed by atoms with van der Waals surface area (Å²) in [5.74, 6) is -0.616. The number of nitrogens with zero attached hydrogens (tertiary/aromatic N) is 3. The van der Waals surface area contributed by atoms with Gasteiger partial charge in [0, 0.05) is 40.4 Å². The molecular formula is C18H16ClN3O4. The van der Waals surface area contributed by atoms with Crippen molar-refractivity contribution in [2.75, 3.05) is 0 Å². The van der Waals surface area contributed by atoms with E-state index in [2.05, 4.69) is 5.10 Å². The first-order chi connectivity index (χ1) is 12.3. The molecule has 0 unspecified atom stereocenters. The molecule has 0 radical (unpaired) electrons. The van der Waals surface area contributed by atoms with E-state index in [9.17, 15) is 20.0 Å². The van der Waals surface area contributed by atoms with Gasteiger partial charge in [-0.1, -0.05) is 36.7 Å². The molecule has 2 aromatic carbocycles. The lowest BCUT2D eigenvalue weighted by molar-refractivity contribution is -0.384. The highest BCUT2D eigenvalue weighted by Gasteiger charge is 2.45. The van der Waals surface area contributed by atoms with Crippen molar-refractivity contribution in [3.05, 3.63) is 74.8 Å². The van der Waals surface area contributed by atoms with E-state index in [0.29, 0.717) is 22.7 Å². The van der Waals surface area contributed by atoms with E-state index < -0.39 is 16.6 Å². The quantitative estimate of drug-likeness (QED) is 0.652. The van der Waals surface area contributed by atoms with E-state index in [4.69, 9.17) is 11.6 Å². The monoisotopic (exact) mass is 373 g/mol. The molecule has 1 aliphatic rings. The number of carbonyl (C=O) groups is 1. The minimum absolute atomic E-state index is 0.0766. The van der Waals surface area contributed by atoms with E-state index >= 15 is 0 Å². The van der Waals surface area contributed by atoms with Gasteiger partial charge in [0.05, 0.1) is 4.92 Å². The molecule has 7 nitrogen and oxygen atoms in total. The van der Waals surface area contributed by atoms with Crippen LogP contribution >= 0.6 is 11.6 Å². The molecule has 0 spiro atoms. The number of rotatable bonds is 4. The van der Waals surface area contributed by atoms with Gasteiger partial charge < -0.3 is 5.11 Å². The van der Waals surface area contributed by atoms with Gasteiger partial charge in [0.25, 0.3) is 11.6 Å². The minimum atomic E-state index is -1.67. The number of halogens is 1. The maximum atomic E-state index is 12.9. The zero-order valence-electron chi connectivity index (χ0n) is 13.9. The van der Waals surface area contributed by atoms with Crippen molar-refractivity contribution in [2.24, 2.45) is 5.10 Å². The van der Waals surface area contributed by atoms with Crippen molar-refractivity contribution >= 4 is 28.9 Å². The summed E-state index contributed by atoms with van der Waals surface area (Å²) >= 11 is 5.91. The van der Waals surface area contributed by atoms with Crippen molar-refractivity contribution in [1.29, 1.82) is 0 Å². The number of hydrogen-bond donors (Lipinski definition) is 1. The van der Waals surface area contributed by atoms with Crippen LogP contribution in [0.25, 0.3) is 0 Å². The highest BCUT2D eigenvalue weighted by molar-refractivity contribution is 6.30. The van der Waals surface area contributed by atoms with E-state index in [1.54, 1.807) is 24.3 Å². The van der Waals surface area contributed by atoms with Gasteiger partial charge in [0.15, 0.2) is 5.72 Å². The number of carbonyl (C=O) groups excluding carboxylic acids is 1. The highest BCUT2D eigenvalue weighted by Crippen LogP contribution is 2.37. The highest BCUT2D eigenvalue weighted by atomic mass is 35.5. The summed E-state index contributed by atoms with van der Waals surface area (Å²) in [5, 5.41) is 28.0. The Kier molecular flexibility index (Phi) is 4.76. The Morgan fingerprint density at radius 2 is 2.04 bits per heavy atom. The van der Waals surface area contributed by atoms with Crippen molar-refractivity contribution in [1.82, 2.24) is 5.01 Å². The standard InChI is InChI=1S/C18H16ClN3O4/c1-2-15-11-18(24,13-6-8-14(19)9-7-13)21(20-15)17(23)12-4-3-5-16(10-12)22(25)26/h3-10,24H,2,11H2,1H3/t18-/m1/s1. The zero-order valence-corrected chi connectivity index (χ0v) is 14.7.